The molecule has 0 aliphatic heterocycles. The van der Waals surface area contributed by atoms with Crippen LogP contribution in [0.4, 0.5) is 4.39 Å². The molecule has 0 radical (unpaired) electrons. The molecule has 0 spiro atoms. The summed E-state index contributed by atoms with van der Waals surface area (Å²) in [6.07, 6.45) is 5.04. The van der Waals surface area contributed by atoms with Crippen molar-refractivity contribution in [3.63, 3.8) is 0 Å². The van der Waals surface area contributed by atoms with Crippen LogP contribution in [0.3, 0.4) is 0 Å². The van der Waals surface area contributed by atoms with E-state index in [1.165, 1.54) is 16.4 Å². The van der Waals surface area contributed by atoms with Crippen molar-refractivity contribution in [3.8, 4) is 5.75 Å². The predicted molar refractivity (Wildman–Crippen MR) is 79.4 cm³/mol. The third-order valence-electron chi connectivity index (χ3n) is 3.97. The van der Waals surface area contributed by atoms with Crippen LogP contribution in [0.25, 0.3) is 0 Å². The van der Waals surface area contributed by atoms with Gasteiger partial charge in [-0.3, -0.25) is 0 Å². The SMILES string of the molecule is CCOc1cc(S(=O)(=O)N(C)C2CCCCC2)ccc1F. The third kappa shape index (κ3) is 3.55. The first-order valence-corrected chi connectivity index (χ1v) is 8.81. The predicted octanol–water partition coefficient (Wildman–Crippen LogP) is 3.18. The van der Waals surface area contributed by atoms with E-state index in [4.69, 9.17) is 4.74 Å². The van der Waals surface area contributed by atoms with Crippen molar-refractivity contribution in [1.29, 1.82) is 0 Å². The molecule has 0 unspecified atom stereocenters. The van der Waals surface area contributed by atoms with Gasteiger partial charge < -0.3 is 4.74 Å². The van der Waals surface area contributed by atoms with E-state index in [-0.39, 0.29) is 16.7 Å². The molecular weight excluding hydrogens is 293 g/mol. The van der Waals surface area contributed by atoms with Crippen molar-refractivity contribution < 1.29 is 17.5 Å². The Kier molecular flexibility index (Phi) is 5.22. The van der Waals surface area contributed by atoms with Gasteiger partial charge in [-0.05, 0) is 31.9 Å². The molecule has 1 saturated carbocycles. The van der Waals surface area contributed by atoms with Crippen molar-refractivity contribution in [3.05, 3.63) is 24.0 Å². The molecule has 21 heavy (non-hydrogen) atoms. The van der Waals surface area contributed by atoms with Crippen molar-refractivity contribution in [2.24, 2.45) is 0 Å². The number of ether oxygens (including phenoxy) is 1. The summed E-state index contributed by atoms with van der Waals surface area (Å²) in [4.78, 5) is 0.0837. The van der Waals surface area contributed by atoms with Crippen LogP contribution in [0.15, 0.2) is 23.1 Å². The van der Waals surface area contributed by atoms with E-state index in [9.17, 15) is 12.8 Å². The van der Waals surface area contributed by atoms with Gasteiger partial charge in [0.15, 0.2) is 11.6 Å². The number of hydrogen-bond acceptors (Lipinski definition) is 3. The molecule has 0 atom stereocenters. The fraction of sp³-hybridized carbons (Fsp3) is 0.600. The van der Waals surface area contributed by atoms with Gasteiger partial charge in [-0.15, -0.1) is 0 Å². The smallest absolute Gasteiger partial charge is 0.243 e. The highest BCUT2D eigenvalue weighted by atomic mass is 32.2. The summed E-state index contributed by atoms with van der Waals surface area (Å²) in [5, 5.41) is 0. The fourth-order valence-electron chi connectivity index (χ4n) is 2.72. The topological polar surface area (TPSA) is 46.6 Å². The summed E-state index contributed by atoms with van der Waals surface area (Å²) >= 11 is 0. The minimum Gasteiger partial charge on any atom is -0.491 e. The van der Waals surface area contributed by atoms with Crippen LogP contribution in [0.5, 0.6) is 5.75 Å². The molecule has 0 heterocycles. The molecule has 1 aromatic carbocycles. The Labute approximate surface area is 126 Å². The van der Waals surface area contributed by atoms with Crippen LogP contribution in [0.2, 0.25) is 0 Å². The summed E-state index contributed by atoms with van der Waals surface area (Å²) in [6.45, 7) is 2.02. The molecule has 6 heteroatoms. The summed E-state index contributed by atoms with van der Waals surface area (Å²) in [5.74, 6) is -0.563. The van der Waals surface area contributed by atoms with E-state index in [0.29, 0.717) is 6.61 Å². The molecule has 1 fully saturated rings. The molecule has 1 aromatic rings. The van der Waals surface area contributed by atoms with E-state index >= 15 is 0 Å². The van der Waals surface area contributed by atoms with Gasteiger partial charge in [0.2, 0.25) is 10.0 Å². The largest absolute Gasteiger partial charge is 0.491 e. The normalized spacial score (nSPS) is 17.1. The zero-order valence-electron chi connectivity index (χ0n) is 12.5. The molecule has 0 saturated heterocycles. The Morgan fingerprint density at radius 1 is 1.29 bits per heavy atom. The maximum Gasteiger partial charge on any atom is 0.243 e. The summed E-state index contributed by atoms with van der Waals surface area (Å²) in [6, 6.07) is 3.75. The minimum atomic E-state index is -3.61. The maximum atomic E-state index is 13.6. The van der Waals surface area contributed by atoms with Gasteiger partial charge in [-0.1, -0.05) is 19.3 Å². The fourth-order valence-corrected chi connectivity index (χ4v) is 4.15. The highest BCUT2D eigenvalue weighted by Crippen LogP contribution is 2.28. The first kappa shape index (κ1) is 16.2. The Bertz CT molecular complexity index is 583. The van der Waals surface area contributed by atoms with Crippen molar-refractivity contribution in [2.45, 2.75) is 50.0 Å². The molecule has 1 aliphatic rings. The lowest BCUT2D eigenvalue weighted by atomic mass is 9.96. The van der Waals surface area contributed by atoms with E-state index in [1.807, 2.05) is 0 Å². The zero-order chi connectivity index (χ0) is 15.5. The molecule has 0 N–H and O–H groups in total. The summed E-state index contributed by atoms with van der Waals surface area (Å²) < 4.78 is 45.4. The van der Waals surface area contributed by atoms with Crippen molar-refractivity contribution in [1.82, 2.24) is 4.31 Å². The lowest BCUT2D eigenvalue weighted by Gasteiger charge is -2.30. The van der Waals surface area contributed by atoms with Crippen molar-refractivity contribution >= 4 is 10.0 Å². The molecule has 0 aromatic heterocycles. The quantitative estimate of drug-likeness (QED) is 0.838. The molecule has 2 rings (SSSR count). The average Bonchev–Trinajstić information content (AvgIpc) is 2.49. The number of nitrogens with zero attached hydrogens (tertiary/aromatic N) is 1. The maximum absolute atomic E-state index is 13.6. The van der Waals surface area contributed by atoms with Gasteiger partial charge in [0.25, 0.3) is 0 Å². The van der Waals surface area contributed by atoms with Crippen molar-refractivity contribution in [2.75, 3.05) is 13.7 Å². The van der Waals surface area contributed by atoms with Gasteiger partial charge in [0, 0.05) is 19.2 Å². The molecule has 0 amide bonds. The van der Waals surface area contributed by atoms with Gasteiger partial charge in [-0.25, -0.2) is 12.8 Å². The summed E-state index contributed by atoms with van der Waals surface area (Å²) in [7, 11) is -2.00. The van der Waals surface area contributed by atoms with Gasteiger partial charge in [0.1, 0.15) is 0 Å². The first-order chi connectivity index (χ1) is 9.96. The number of halogens is 1. The molecular formula is C15H22FNO3S. The van der Waals surface area contributed by atoms with Gasteiger partial charge >= 0.3 is 0 Å². The lowest BCUT2D eigenvalue weighted by Crippen LogP contribution is -2.38. The number of sulfonamides is 1. The zero-order valence-corrected chi connectivity index (χ0v) is 13.3. The Balaban J connectivity index is 2.27. The highest BCUT2D eigenvalue weighted by Gasteiger charge is 2.29. The highest BCUT2D eigenvalue weighted by molar-refractivity contribution is 7.89. The van der Waals surface area contributed by atoms with Crippen LogP contribution >= 0.6 is 0 Å². The third-order valence-corrected chi connectivity index (χ3v) is 5.87. The second-order valence-corrected chi connectivity index (χ2v) is 7.34. The summed E-state index contributed by atoms with van der Waals surface area (Å²) in [5.41, 5.74) is 0. The van der Waals surface area contributed by atoms with E-state index in [1.54, 1.807) is 14.0 Å². The second-order valence-electron chi connectivity index (χ2n) is 5.34. The first-order valence-electron chi connectivity index (χ1n) is 7.37. The van der Waals surface area contributed by atoms with E-state index in [0.717, 1.165) is 38.2 Å². The average molecular weight is 315 g/mol. The molecule has 118 valence electrons. The Hall–Kier alpha value is -1.14. The Morgan fingerprint density at radius 2 is 1.95 bits per heavy atom. The van der Waals surface area contributed by atoms with Crippen LogP contribution < -0.4 is 4.74 Å². The van der Waals surface area contributed by atoms with Gasteiger partial charge in [0.05, 0.1) is 11.5 Å². The van der Waals surface area contributed by atoms with Crippen LogP contribution in [-0.2, 0) is 10.0 Å². The monoisotopic (exact) mass is 315 g/mol. The standard InChI is InChI=1S/C15H22FNO3S/c1-3-20-15-11-13(9-10-14(15)16)21(18,19)17(2)12-7-5-4-6-8-12/h9-12H,3-8H2,1-2H3. The second kappa shape index (κ2) is 6.75. The minimum absolute atomic E-state index is 0.0179. The Morgan fingerprint density at radius 3 is 2.57 bits per heavy atom. The molecule has 1 aliphatic carbocycles. The number of hydrogen-bond donors (Lipinski definition) is 0. The van der Waals surface area contributed by atoms with E-state index < -0.39 is 15.8 Å². The lowest BCUT2D eigenvalue weighted by molar-refractivity contribution is 0.285. The number of rotatable bonds is 5. The molecule has 4 nitrogen and oxygen atoms in total. The molecule has 0 bridgehead atoms. The van der Waals surface area contributed by atoms with Crippen LogP contribution in [-0.4, -0.2) is 32.4 Å². The number of benzene rings is 1. The van der Waals surface area contributed by atoms with Gasteiger partial charge in [-0.2, -0.15) is 4.31 Å². The van der Waals surface area contributed by atoms with Crippen LogP contribution in [0, 0.1) is 5.82 Å². The van der Waals surface area contributed by atoms with E-state index in [2.05, 4.69) is 0 Å². The van der Waals surface area contributed by atoms with Crippen LogP contribution in [0.1, 0.15) is 39.0 Å².